The predicted octanol–water partition coefficient (Wildman–Crippen LogP) is 4.17. The zero-order valence-electron chi connectivity index (χ0n) is 10.9. The second kappa shape index (κ2) is 6.89. The van der Waals surface area contributed by atoms with Crippen molar-refractivity contribution in [2.75, 3.05) is 0 Å². The highest BCUT2D eigenvalue weighted by Gasteiger charge is 2.06. The Morgan fingerprint density at radius 3 is 3.00 bits per heavy atom. The molecule has 0 bridgehead atoms. The summed E-state index contributed by atoms with van der Waals surface area (Å²) in [5.74, 6) is 0.729. The third kappa shape index (κ3) is 3.72. The number of aromatic nitrogens is 3. The fourth-order valence-corrected chi connectivity index (χ4v) is 3.36. The SMILES string of the molecule is Clc1ccccc1CSc1nncn1/N=C/c1cccs1. The Kier molecular flexibility index (Phi) is 4.69. The van der Waals surface area contributed by atoms with Gasteiger partial charge in [0.1, 0.15) is 6.33 Å². The van der Waals surface area contributed by atoms with Crippen molar-refractivity contribution in [3.8, 4) is 0 Å². The van der Waals surface area contributed by atoms with Crippen LogP contribution in [0, 0.1) is 0 Å². The summed E-state index contributed by atoms with van der Waals surface area (Å²) in [5, 5.41) is 15.9. The van der Waals surface area contributed by atoms with Crippen molar-refractivity contribution in [3.05, 3.63) is 63.6 Å². The van der Waals surface area contributed by atoms with Gasteiger partial charge >= 0.3 is 0 Å². The van der Waals surface area contributed by atoms with Crippen LogP contribution >= 0.6 is 34.7 Å². The molecule has 0 amide bonds. The van der Waals surface area contributed by atoms with Crippen LogP contribution in [0.15, 0.2) is 58.4 Å². The summed E-state index contributed by atoms with van der Waals surface area (Å²) in [5.41, 5.74) is 1.07. The number of hydrogen-bond donors (Lipinski definition) is 0. The van der Waals surface area contributed by atoms with Gasteiger partial charge in [0.15, 0.2) is 0 Å². The lowest BCUT2D eigenvalue weighted by atomic mass is 10.2. The molecule has 7 heteroatoms. The summed E-state index contributed by atoms with van der Waals surface area (Å²) < 4.78 is 1.67. The van der Waals surface area contributed by atoms with E-state index in [1.807, 2.05) is 41.8 Å². The first-order valence-corrected chi connectivity index (χ1v) is 8.41. The molecule has 0 aliphatic rings. The molecule has 1 aromatic carbocycles. The zero-order chi connectivity index (χ0) is 14.5. The quantitative estimate of drug-likeness (QED) is 0.519. The Morgan fingerprint density at radius 1 is 1.29 bits per heavy atom. The van der Waals surface area contributed by atoms with Gasteiger partial charge in [-0.25, -0.2) is 0 Å². The fourth-order valence-electron chi connectivity index (χ4n) is 1.64. The first kappa shape index (κ1) is 14.3. The highest BCUT2D eigenvalue weighted by molar-refractivity contribution is 7.98. The normalized spacial score (nSPS) is 11.3. The number of thiophene rings is 1. The minimum Gasteiger partial charge on any atom is -0.195 e. The summed E-state index contributed by atoms with van der Waals surface area (Å²) >= 11 is 9.34. The van der Waals surface area contributed by atoms with Crippen molar-refractivity contribution >= 4 is 40.9 Å². The van der Waals surface area contributed by atoms with Crippen molar-refractivity contribution < 1.29 is 0 Å². The van der Waals surface area contributed by atoms with Gasteiger partial charge in [0, 0.05) is 15.7 Å². The first-order chi connectivity index (χ1) is 10.3. The number of nitrogens with zero attached hydrogens (tertiary/aromatic N) is 4. The topological polar surface area (TPSA) is 43.1 Å². The molecule has 0 unspecified atom stereocenters. The van der Waals surface area contributed by atoms with Crippen molar-refractivity contribution in [1.29, 1.82) is 0 Å². The molecule has 3 aromatic rings. The highest BCUT2D eigenvalue weighted by Crippen LogP contribution is 2.25. The van der Waals surface area contributed by atoms with E-state index >= 15 is 0 Å². The number of hydrogen-bond acceptors (Lipinski definition) is 5. The molecule has 0 saturated carbocycles. The van der Waals surface area contributed by atoms with Gasteiger partial charge in [-0.15, -0.1) is 21.5 Å². The molecule has 0 fully saturated rings. The molecule has 0 atom stereocenters. The van der Waals surface area contributed by atoms with Crippen LogP contribution in [0.5, 0.6) is 0 Å². The van der Waals surface area contributed by atoms with E-state index in [0.29, 0.717) is 0 Å². The summed E-state index contributed by atoms with van der Waals surface area (Å²) in [7, 11) is 0. The van der Waals surface area contributed by atoms with E-state index < -0.39 is 0 Å². The molecular weight excluding hydrogens is 324 g/mol. The maximum absolute atomic E-state index is 6.15. The first-order valence-electron chi connectivity index (χ1n) is 6.17. The average molecular weight is 335 g/mol. The van der Waals surface area contributed by atoms with Crippen LogP contribution < -0.4 is 0 Å². The number of halogens is 1. The second-order valence-electron chi connectivity index (χ2n) is 4.10. The zero-order valence-corrected chi connectivity index (χ0v) is 13.3. The van der Waals surface area contributed by atoms with Crippen LogP contribution in [-0.4, -0.2) is 21.1 Å². The molecule has 4 nitrogen and oxygen atoms in total. The minimum atomic E-state index is 0.729. The Balaban J connectivity index is 1.70. The summed E-state index contributed by atoms with van der Waals surface area (Å²) in [6, 6.07) is 11.8. The van der Waals surface area contributed by atoms with E-state index in [4.69, 9.17) is 11.6 Å². The lowest BCUT2D eigenvalue weighted by Gasteiger charge is -2.03. The molecule has 0 saturated heterocycles. The van der Waals surface area contributed by atoms with Crippen LogP contribution in [-0.2, 0) is 5.75 Å². The molecule has 0 aliphatic heterocycles. The van der Waals surface area contributed by atoms with Gasteiger partial charge in [-0.05, 0) is 23.1 Å². The van der Waals surface area contributed by atoms with Gasteiger partial charge in [-0.2, -0.15) is 9.78 Å². The van der Waals surface area contributed by atoms with Gasteiger partial charge in [-0.1, -0.05) is 47.6 Å². The predicted molar refractivity (Wildman–Crippen MR) is 88.3 cm³/mol. The van der Waals surface area contributed by atoms with Gasteiger partial charge in [0.2, 0.25) is 5.16 Å². The van der Waals surface area contributed by atoms with Crippen molar-refractivity contribution in [2.45, 2.75) is 10.9 Å². The van der Waals surface area contributed by atoms with E-state index in [1.165, 1.54) is 0 Å². The highest BCUT2D eigenvalue weighted by atomic mass is 35.5. The van der Waals surface area contributed by atoms with Crippen molar-refractivity contribution in [1.82, 2.24) is 14.9 Å². The maximum atomic E-state index is 6.15. The number of thioether (sulfide) groups is 1. The molecule has 0 radical (unpaired) electrons. The van der Waals surface area contributed by atoms with Gasteiger partial charge in [0.05, 0.1) is 6.21 Å². The van der Waals surface area contributed by atoms with Crippen LogP contribution in [0.25, 0.3) is 0 Å². The van der Waals surface area contributed by atoms with E-state index in [2.05, 4.69) is 15.3 Å². The van der Waals surface area contributed by atoms with Crippen LogP contribution in [0.2, 0.25) is 5.02 Å². The fraction of sp³-hybridized carbons (Fsp3) is 0.0714. The van der Waals surface area contributed by atoms with Crippen molar-refractivity contribution in [3.63, 3.8) is 0 Å². The summed E-state index contributed by atoms with van der Waals surface area (Å²) in [6.45, 7) is 0. The minimum absolute atomic E-state index is 0.729. The standard InChI is InChI=1S/C14H11ClN4S2/c15-13-6-2-1-4-11(13)9-21-14-18-16-10-19(14)17-8-12-5-3-7-20-12/h1-8,10H,9H2/b17-8+. The van der Waals surface area contributed by atoms with E-state index in [1.54, 1.807) is 40.3 Å². The van der Waals surface area contributed by atoms with Crippen LogP contribution in [0.4, 0.5) is 0 Å². The molecule has 2 aromatic heterocycles. The lowest BCUT2D eigenvalue weighted by Crippen LogP contribution is -1.92. The molecule has 0 N–H and O–H groups in total. The number of rotatable bonds is 5. The summed E-state index contributed by atoms with van der Waals surface area (Å²) in [6.07, 6.45) is 3.40. The molecule has 0 aliphatic carbocycles. The molecule has 3 rings (SSSR count). The lowest BCUT2D eigenvalue weighted by molar-refractivity contribution is 0.767. The average Bonchev–Trinajstić information content (AvgIpc) is 3.16. The largest absolute Gasteiger partial charge is 0.212 e. The summed E-state index contributed by atoms with van der Waals surface area (Å²) in [4.78, 5) is 1.09. The number of benzene rings is 1. The Hall–Kier alpha value is -1.63. The molecular formula is C14H11ClN4S2. The van der Waals surface area contributed by atoms with E-state index in [0.717, 1.165) is 26.4 Å². The van der Waals surface area contributed by atoms with Gasteiger partial charge < -0.3 is 0 Å². The van der Waals surface area contributed by atoms with E-state index in [9.17, 15) is 0 Å². The third-order valence-corrected chi connectivity index (χ3v) is 4.83. The Bertz CT molecular complexity index is 737. The Labute approximate surface area is 135 Å². The van der Waals surface area contributed by atoms with Crippen LogP contribution in [0.3, 0.4) is 0 Å². The van der Waals surface area contributed by atoms with Gasteiger partial charge in [0.25, 0.3) is 0 Å². The van der Waals surface area contributed by atoms with Crippen molar-refractivity contribution in [2.24, 2.45) is 5.10 Å². The van der Waals surface area contributed by atoms with Gasteiger partial charge in [-0.3, -0.25) is 0 Å². The molecule has 21 heavy (non-hydrogen) atoms. The monoisotopic (exact) mass is 334 g/mol. The molecule has 0 spiro atoms. The van der Waals surface area contributed by atoms with E-state index in [-0.39, 0.29) is 0 Å². The second-order valence-corrected chi connectivity index (χ2v) is 6.43. The maximum Gasteiger partial charge on any atom is 0.212 e. The van der Waals surface area contributed by atoms with Crippen LogP contribution in [0.1, 0.15) is 10.4 Å². The Morgan fingerprint density at radius 2 is 2.19 bits per heavy atom. The molecule has 106 valence electrons. The molecule has 2 heterocycles. The smallest absolute Gasteiger partial charge is 0.195 e. The third-order valence-electron chi connectivity index (χ3n) is 2.67.